The number of hydrogen-bond donors (Lipinski definition) is 1. The predicted octanol–water partition coefficient (Wildman–Crippen LogP) is 1.26. The van der Waals surface area contributed by atoms with Crippen LogP contribution in [-0.4, -0.2) is 19.7 Å². The van der Waals surface area contributed by atoms with Gasteiger partial charge in [0.2, 0.25) is 0 Å². The molecule has 1 aromatic carbocycles. The molecule has 0 fully saturated rings. The molecule has 1 aromatic rings. The Hall–Kier alpha value is -1.55. The van der Waals surface area contributed by atoms with Gasteiger partial charge in [-0.25, -0.2) is 4.79 Å². The van der Waals surface area contributed by atoms with Crippen molar-refractivity contribution in [3.8, 4) is 5.75 Å². The van der Waals surface area contributed by atoms with Gasteiger partial charge < -0.3 is 15.2 Å². The molecule has 4 nitrogen and oxygen atoms in total. The molecule has 0 aromatic heterocycles. The lowest BCUT2D eigenvalue weighted by Crippen LogP contribution is -2.23. The average Bonchev–Trinajstić information content (AvgIpc) is 2.28. The minimum absolute atomic E-state index is 0.330. The Morgan fingerprint density at radius 2 is 2.27 bits per heavy atom. The van der Waals surface area contributed by atoms with Gasteiger partial charge in [-0.3, -0.25) is 0 Å². The molecule has 82 valence electrons. The molecule has 0 amide bonds. The highest BCUT2D eigenvalue weighted by atomic mass is 16.5. The van der Waals surface area contributed by atoms with Crippen molar-refractivity contribution in [3.63, 3.8) is 0 Å². The van der Waals surface area contributed by atoms with Gasteiger partial charge in [0, 0.05) is 0 Å². The largest absolute Gasteiger partial charge is 0.497 e. The zero-order valence-electron chi connectivity index (χ0n) is 8.90. The van der Waals surface area contributed by atoms with Gasteiger partial charge in [-0.1, -0.05) is 12.1 Å². The summed E-state index contributed by atoms with van der Waals surface area (Å²) in [6.07, 6.45) is 0. The minimum Gasteiger partial charge on any atom is -0.497 e. The minimum atomic E-state index is -0.750. The zero-order valence-corrected chi connectivity index (χ0v) is 8.90. The summed E-state index contributed by atoms with van der Waals surface area (Å²) in [5.74, 6) is 0.248. The Kier molecular flexibility index (Phi) is 4.12. The van der Waals surface area contributed by atoms with Crippen LogP contribution in [0.25, 0.3) is 0 Å². The summed E-state index contributed by atoms with van der Waals surface area (Å²) in [4.78, 5) is 11.4. The van der Waals surface area contributed by atoms with Gasteiger partial charge in [0.05, 0.1) is 13.7 Å². The number of ether oxygens (including phenoxy) is 2. The van der Waals surface area contributed by atoms with Crippen LogP contribution in [0.4, 0.5) is 0 Å². The first kappa shape index (κ1) is 11.5. The van der Waals surface area contributed by atoms with Crippen molar-refractivity contribution in [1.82, 2.24) is 0 Å². The second-order valence-electron chi connectivity index (χ2n) is 3.01. The maximum atomic E-state index is 11.4. The van der Waals surface area contributed by atoms with E-state index in [1.54, 1.807) is 38.3 Å². The Labute approximate surface area is 89.0 Å². The number of benzene rings is 1. The highest BCUT2D eigenvalue weighted by Crippen LogP contribution is 2.18. The summed E-state index contributed by atoms with van der Waals surface area (Å²) < 4.78 is 9.86. The Bertz CT molecular complexity index is 338. The number of carbonyl (C=O) groups excluding carboxylic acids is 1. The third-order valence-corrected chi connectivity index (χ3v) is 1.99. The molecule has 0 spiro atoms. The van der Waals surface area contributed by atoms with Crippen LogP contribution in [0.1, 0.15) is 18.5 Å². The Morgan fingerprint density at radius 3 is 2.87 bits per heavy atom. The third kappa shape index (κ3) is 2.95. The van der Waals surface area contributed by atoms with Crippen molar-refractivity contribution >= 4 is 5.97 Å². The van der Waals surface area contributed by atoms with E-state index >= 15 is 0 Å². The number of carbonyl (C=O) groups is 1. The van der Waals surface area contributed by atoms with Gasteiger partial charge in [-0.2, -0.15) is 0 Å². The fourth-order valence-electron chi connectivity index (χ4n) is 1.20. The zero-order chi connectivity index (χ0) is 11.3. The fraction of sp³-hybridized carbons (Fsp3) is 0.364. The molecule has 0 heterocycles. The van der Waals surface area contributed by atoms with Crippen LogP contribution in [0, 0.1) is 0 Å². The van der Waals surface area contributed by atoms with Crippen LogP contribution in [0.3, 0.4) is 0 Å². The molecule has 0 radical (unpaired) electrons. The molecule has 4 heteroatoms. The van der Waals surface area contributed by atoms with E-state index in [1.165, 1.54) is 0 Å². The lowest BCUT2D eigenvalue weighted by Gasteiger charge is -2.11. The third-order valence-electron chi connectivity index (χ3n) is 1.99. The first-order chi connectivity index (χ1) is 7.19. The number of rotatable bonds is 4. The van der Waals surface area contributed by atoms with E-state index in [4.69, 9.17) is 15.2 Å². The summed E-state index contributed by atoms with van der Waals surface area (Å²) in [5.41, 5.74) is 6.41. The number of esters is 1. The molecule has 15 heavy (non-hydrogen) atoms. The van der Waals surface area contributed by atoms with E-state index in [-0.39, 0.29) is 0 Å². The molecule has 0 aliphatic heterocycles. The summed E-state index contributed by atoms with van der Waals surface area (Å²) in [5, 5.41) is 0. The van der Waals surface area contributed by atoms with Crippen LogP contribution in [0.15, 0.2) is 24.3 Å². The summed E-state index contributed by atoms with van der Waals surface area (Å²) >= 11 is 0. The van der Waals surface area contributed by atoms with E-state index in [0.29, 0.717) is 17.9 Å². The fourth-order valence-corrected chi connectivity index (χ4v) is 1.20. The molecule has 0 saturated heterocycles. The van der Waals surface area contributed by atoms with Crippen molar-refractivity contribution in [2.75, 3.05) is 13.7 Å². The molecular formula is C11H15NO3. The molecule has 0 unspecified atom stereocenters. The predicted molar refractivity (Wildman–Crippen MR) is 56.6 cm³/mol. The molecule has 1 rings (SSSR count). The van der Waals surface area contributed by atoms with E-state index < -0.39 is 12.0 Å². The summed E-state index contributed by atoms with van der Waals surface area (Å²) in [7, 11) is 1.56. The standard InChI is InChI=1S/C11H15NO3/c1-3-15-11(13)10(12)8-5-4-6-9(7-8)14-2/h4-7,10H,3,12H2,1-2H3/t10-/m0/s1. The molecule has 0 bridgehead atoms. The van der Waals surface area contributed by atoms with E-state index in [9.17, 15) is 4.79 Å². The van der Waals surface area contributed by atoms with Crippen molar-refractivity contribution < 1.29 is 14.3 Å². The van der Waals surface area contributed by atoms with Gasteiger partial charge in [-0.05, 0) is 24.6 Å². The van der Waals surface area contributed by atoms with Crippen molar-refractivity contribution in [1.29, 1.82) is 0 Å². The van der Waals surface area contributed by atoms with Crippen molar-refractivity contribution in [2.24, 2.45) is 5.73 Å². The second kappa shape index (κ2) is 5.36. The number of nitrogens with two attached hydrogens (primary N) is 1. The highest BCUT2D eigenvalue weighted by Gasteiger charge is 2.16. The highest BCUT2D eigenvalue weighted by molar-refractivity contribution is 5.77. The van der Waals surface area contributed by atoms with Gasteiger partial charge >= 0.3 is 5.97 Å². The SMILES string of the molecule is CCOC(=O)[C@@H](N)c1cccc(OC)c1. The number of hydrogen-bond acceptors (Lipinski definition) is 4. The molecule has 0 saturated carbocycles. The van der Waals surface area contributed by atoms with E-state index in [1.807, 2.05) is 0 Å². The molecule has 1 atom stereocenters. The lowest BCUT2D eigenvalue weighted by atomic mass is 10.1. The van der Waals surface area contributed by atoms with Crippen molar-refractivity contribution in [2.45, 2.75) is 13.0 Å². The van der Waals surface area contributed by atoms with E-state index in [0.717, 1.165) is 0 Å². The Morgan fingerprint density at radius 1 is 1.53 bits per heavy atom. The monoisotopic (exact) mass is 209 g/mol. The normalized spacial score (nSPS) is 11.9. The van der Waals surface area contributed by atoms with E-state index in [2.05, 4.69) is 0 Å². The van der Waals surface area contributed by atoms with Crippen LogP contribution in [0.5, 0.6) is 5.75 Å². The second-order valence-corrected chi connectivity index (χ2v) is 3.01. The summed E-state index contributed by atoms with van der Waals surface area (Å²) in [6.45, 7) is 2.08. The first-order valence-corrected chi connectivity index (χ1v) is 4.75. The van der Waals surface area contributed by atoms with Gasteiger partial charge in [-0.15, -0.1) is 0 Å². The molecular weight excluding hydrogens is 194 g/mol. The van der Waals surface area contributed by atoms with Crippen LogP contribution < -0.4 is 10.5 Å². The smallest absolute Gasteiger partial charge is 0.327 e. The quantitative estimate of drug-likeness (QED) is 0.758. The maximum absolute atomic E-state index is 11.4. The molecule has 2 N–H and O–H groups in total. The molecule has 0 aliphatic rings. The van der Waals surface area contributed by atoms with Crippen LogP contribution in [0.2, 0.25) is 0 Å². The number of methoxy groups -OCH3 is 1. The van der Waals surface area contributed by atoms with Gasteiger partial charge in [0.15, 0.2) is 0 Å². The van der Waals surface area contributed by atoms with Gasteiger partial charge in [0.25, 0.3) is 0 Å². The molecule has 0 aliphatic carbocycles. The first-order valence-electron chi connectivity index (χ1n) is 4.75. The Balaban J connectivity index is 2.81. The lowest BCUT2D eigenvalue weighted by molar-refractivity contribution is -0.144. The van der Waals surface area contributed by atoms with Gasteiger partial charge in [0.1, 0.15) is 11.8 Å². The topological polar surface area (TPSA) is 61.5 Å². The average molecular weight is 209 g/mol. The van der Waals surface area contributed by atoms with Crippen molar-refractivity contribution in [3.05, 3.63) is 29.8 Å². The van der Waals surface area contributed by atoms with Crippen LogP contribution in [-0.2, 0) is 9.53 Å². The summed E-state index contributed by atoms with van der Waals surface area (Å²) in [6, 6.07) is 6.32. The van der Waals surface area contributed by atoms with Crippen LogP contribution >= 0.6 is 0 Å². The maximum Gasteiger partial charge on any atom is 0.327 e.